The number of nitrogens with one attached hydrogen (secondary N) is 1. The van der Waals surface area contributed by atoms with Crippen LogP contribution in [0, 0.1) is 0 Å². The van der Waals surface area contributed by atoms with Crippen molar-refractivity contribution in [2.24, 2.45) is 0 Å². The largest absolute Gasteiger partial charge is 0.493 e. The predicted molar refractivity (Wildman–Crippen MR) is 62.3 cm³/mol. The van der Waals surface area contributed by atoms with E-state index in [1.807, 2.05) is 0 Å². The van der Waals surface area contributed by atoms with Crippen molar-refractivity contribution in [1.82, 2.24) is 5.32 Å². The van der Waals surface area contributed by atoms with Crippen molar-refractivity contribution in [2.45, 2.75) is 25.3 Å². The molecular formula is C13H17NO2. The number of aryl methyl sites for hydroxylation is 1. The normalized spacial score (nSPS) is 21.8. The maximum atomic E-state index is 5.50. The van der Waals surface area contributed by atoms with E-state index < -0.39 is 0 Å². The standard InChI is InChI=1S/C13H17NO2/c1-15-11-5-8-3-4-9-6-14-7-10(12(8)9)13(11)16-2/h5,9,14H,3-4,6-7H2,1-2H3. The number of ether oxygens (including phenoxy) is 2. The van der Waals surface area contributed by atoms with Crippen LogP contribution >= 0.6 is 0 Å². The quantitative estimate of drug-likeness (QED) is 0.823. The van der Waals surface area contributed by atoms with E-state index in [2.05, 4.69) is 11.4 Å². The van der Waals surface area contributed by atoms with Gasteiger partial charge in [-0.1, -0.05) is 0 Å². The van der Waals surface area contributed by atoms with Gasteiger partial charge in [-0.25, -0.2) is 0 Å². The van der Waals surface area contributed by atoms with E-state index in [0.29, 0.717) is 5.92 Å². The summed E-state index contributed by atoms with van der Waals surface area (Å²) in [5, 5.41) is 3.47. The molecule has 1 heterocycles. The van der Waals surface area contributed by atoms with Gasteiger partial charge < -0.3 is 14.8 Å². The van der Waals surface area contributed by atoms with Crippen LogP contribution < -0.4 is 14.8 Å². The second-order valence-electron chi connectivity index (χ2n) is 4.53. The Kier molecular flexibility index (Phi) is 2.28. The fourth-order valence-corrected chi connectivity index (χ4v) is 3.08. The van der Waals surface area contributed by atoms with Gasteiger partial charge in [0.1, 0.15) is 0 Å². The molecule has 0 radical (unpaired) electrons. The maximum absolute atomic E-state index is 5.50. The van der Waals surface area contributed by atoms with Crippen LogP contribution in [0.5, 0.6) is 11.5 Å². The highest BCUT2D eigenvalue weighted by molar-refractivity contribution is 5.58. The fourth-order valence-electron chi connectivity index (χ4n) is 3.08. The highest BCUT2D eigenvalue weighted by atomic mass is 16.5. The van der Waals surface area contributed by atoms with Crippen LogP contribution in [0.2, 0.25) is 0 Å². The smallest absolute Gasteiger partial charge is 0.165 e. The highest BCUT2D eigenvalue weighted by Crippen LogP contribution is 2.45. The van der Waals surface area contributed by atoms with Crippen molar-refractivity contribution in [3.05, 3.63) is 22.8 Å². The molecule has 0 fully saturated rings. The van der Waals surface area contributed by atoms with Crippen LogP contribution in [0.25, 0.3) is 0 Å². The zero-order chi connectivity index (χ0) is 11.1. The van der Waals surface area contributed by atoms with Crippen molar-refractivity contribution in [3.63, 3.8) is 0 Å². The molecule has 1 aromatic carbocycles. The maximum Gasteiger partial charge on any atom is 0.165 e. The Bertz CT molecular complexity index is 428. The van der Waals surface area contributed by atoms with Crippen LogP contribution in [0.3, 0.4) is 0 Å². The second-order valence-corrected chi connectivity index (χ2v) is 4.53. The summed E-state index contributed by atoms with van der Waals surface area (Å²) in [6, 6.07) is 2.16. The van der Waals surface area contributed by atoms with Crippen LogP contribution in [-0.2, 0) is 13.0 Å². The Morgan fingerprint density at radius 1 is 1.31 bits per heavy atom. The minimum absolute atomic E-state index is 0.679. The molecule has 3 nitrogen and oxygen atoms in total. The first-order valence-corrected chi connectivity index (χ1v) is 5.82. The lowest BCUT2D eigenvalue weighted by Crippen LogP contribution is -2.27. The summed E-state index contributed by atoms with van der Waals surface area (Å²) in [6.07, 6.45) is 2.43. The molecule has 0 amide bonds. The van der Waals surface area contributed by atoms with Crippen LogP contribution in [0.15, 0.2) is 6.07 Å². The number of hydrogen-bond acceptors (Lipinski definition) is 3. The third-order valence-corrected chi connectivity index (χ3v) is 3.76. The Hall–Kier alpha value is -1.22. The number of benzene rings is 1. The molecule has 0 saturated carbocycles. The van der Waals surface area contributed by atoms with Gasteiger partial charge in [-0.2, -0.15) is 0 Å². The summed E-state index contributed by atoms with van der Waals surface area (Å²) in [6.45, 7) is 2.01. The van der Waals surface area contributed by atoms with E-state index >= 15 is 0 Å². The predicted octanol–water partition coefficient (Wildman–Crippen LogP) is 1.84. The summed E-state index contributed by atoms with van der Waals surface area (Å²) >= 11 is 0. The van der Waals surface area contributed by atoms with Crippen molar-refractivity contribution in [2.75, 3.05) is 20.8 Å². The van der Waals surface area contributed by atoms with E-state index in [1.165, 1.54) is 29.5 Å². The molecule has 2 aliphatic rings. The molecule has 1 aliphatic heterocycles. The Labute approximate surface area is 95.8 Å². The lowest BCUT2D eigenvalue weighted by molar-refractivity contribution is 0.348. The molecule has 86 valence electrons. The third kappa shape index (κ3) is 1.24. The van der Waals surface area contributed by atoms with Gasteiger partial charge in [0.25, 0.3) is 0 Å². The van der Waals surface area contributed by atoms with Crippen molar-refractivity contribution in [3.8, 4) is 11.5 Å². The molecular weight excluding hydrogens is 202 g/mol. The molecule has 3 heteroatoms. The first-order chi connectivity index (χ1) is 7.85. The summed E-state index contributed by atoms with van der Waals surface area (Å²) in [7, 11) is 3.43. The molecule has 16 heavy (non-hydrogen) atoms. The van der Waals surface area contributed by atoms with Crippen LogP contribution in [0.4, 0.5) is 0 Å². The summed E-state index contributed by atoms with van der Waals surface area (Å²) in [5.41, 5.74) is 4.29. The summed E-state index contributed by atoms with van der Waals surface area (Å²) < 4.78 is 10.9. The SMILES string of the molecule is COc1cc2c3c(c1OC)CNCC3CC2. The van der Waals surface area contributed by atoms with Crippen molar-refractivity contribution in [1.29, 1.82) is 0 Å². The van der Waals surface area contributed by atoms with Gasteiger partial charge in [0, 0.05) is 18.7 Å². The minimum atomic E-state index is 0.679. The van der Waals surface area contributed by atoms with Crippen molar-refractivity contribution >= 4 is 0 Å². The van der Waals surface area contributed by atoms with E-state index in [1.54, 1.807) is 14.2 Å². The Morgan fingerprint density at radius 3 is 2.94 bits per heavy atom. The Morgan fingerprint density at radius 2 is 2.19 bits per heavy atom. The molecule has 1 aliphatic carbocycles. The van der Waals surface area contributed by atoms with Gasteiger partial charge in [-0.3, -0.25) is 0 Å². The monoisotopic (exact) mass is 219 g/mol. The van der Waals surface area contributed by atoms with E-state index in [0.717, 1.165) is 24.6 Å². The summed E-state index contributed by atoms with van der Waals surface area (Å²) in [5.74, 6) is 2.47. The first kappa shape index (κ1) is 9.97. The van der Waals surface area contributed by atoms with Gasteiger partial charge in [-0.15, -0.1) is 0 Å². The average molecular weight is 219 g/mol. The zero-order valence-electron chi connectivity index (χ0n) is 9.80. The first-order valence-electron chi connectivity index (χ1n) is 5.82. The molecule has 1 unspecified atom stereocenters. The molecule has 1 aromatic rings. The second kappa shape index (κ2) is 3.67. The molecule has 1 atom stereocenters. The van der Waals surface area contributed by atoms with E-state index in [9.17, 15) is 0 Å². The lowest BCUT2D eigenvalue weighted by Gasteiger charge is -2.25. The summed E-state index contributed by atoms with van der Waals surface area (Å²) in [4.78, 5) is 0. The number of methoxy groups -OCH3 is 2. The molecule has 0 bridgehead atoms. The van der Waals surface area contributed by atoms with Gasteiger partial charge in [0.2, 0.25) is 0 Å². The zero-order valence-corrected chi connectivity index (χ0v) is 9.80. The van der Waals surface area contributed by atoms with Gasteiger partial charge >= 0.3 is 0 Å². The number of rotatable bonds is 2. The average Bonchev–Trinajstić information content (AvgIpc) is 2.74. The molecule has 0 spiro atoms. The number of hydrogen-bond donors (Lipinski definition) is 1. The van der Waals surface area contributed by atoms with Gasteiger partial charge in [0.05, 0.1) is 14.2 Å². The van der Waals surface area contributed by atoms with E-state index in [4.69, 9.17) is 9.47 Å². The lowest BCUT2D eigenvalue weighted by atomic mass is 9.91. The Balaban J connectivity index is 2.23. The third-order valence-electron chi connectivity index (χ3n) is 3.76. The minimum Gasteiger partial charge on any atom is -0.493 e. The molecule has 0 aromatic heterocycles. The van der Waals surface area contributed by atoms with Gasteiger partial charge in [-0.05, 0) is 36.0 Å². The molecule has 1 N–H and O–H groups in total. The molecule has 0 saturated heterocycles. The van der Waals surface area contributed by atoms with E-state index in [-0.39, 0.29) is 0 Å². The van der Waals surface area contributed by atoms with Crippen LogP contribution in [-0.4, -0.2) is 20.8 Å². The van der Waals surface area contributed by atoms with Crippen LogP contribution in [0.1, 0.15) is 29.0 Å². The molecule has 3 rings (SSSR count). The fraction of sp³-hybridized carbons (Fsp3) is 0.538. The highest BCUT2D eigenvalue weighted by Gasteiger charge is 2.31. The van der Waals surface area contributed by atoms with Crippen molar-refractivity contribution < 1.29 is 9.47 Å². The topological polar surface area (TPSA) is 30.5 Å². The van der Waals surface area contributed by atoms with Gasteiger partial charge in [0.15, 0.2) is 11.5 Å².